The Labute approximate surface area is 113 Å². The van der Waals surface area contributed by atoms with E-state index in [1.165, 1.54) is 23.5 Å². The predicted molar refractivity (Wildman–Crippen MR) is 71.6 cm³/mol. The first-order valence-electron chi connectivity index (χ1n) is 5.16. The van der Waals surface area contributed by atoms with E-state index in [4.69, 9.17) is 11.6 Å². The predicted octanol–water partition coefficient (Wildman–Crippen LogP) is 3.47. The molecule has 2 rings (SSSR count). The van der Waals surface area contributed by atoms with E-state index in [9.17, 15) is 9.18 Å². The molecule has 0 amide bonds. The third-order valence-corrected chi connectivity index (χ3v) is 3.54. The molecule has 0 aliphatic heterocycles. The first-order valence-corrected chi connectivity index (χ1v) is 6.57. The molecule has 0 radical (unpaired) electrons. The average Bonchev–Trinajstić information content (AvgIpc) is 2.86. The van der Waals surface area contributed by atoms with Crippen molar-refractivity contribution in [2.24, 2.45) is 0 Å². The maximum absolute atomic E-state index is 13.1. The highest BCUT2D eigenvalue weighted by Gasteiger charge is 2.13. The molecule has 1 heterocycles. The van der Waals surface area contributed by atoms with E-state index < -0.39 is 0 Å². The van der Waals surface area contributed by atoms with Crippen LogP contribution in [0.25, 0.3) is 0 Å². The number of aromatic nitrogens is 1. The lowest BCUT2D eigenvalue weighted by atomic mass is 10.3. The number of hydrogen-bond donors (Lipinski definition) is 0. The SMILES string of the molecule is CN(c1cccc(F)c1)c1nc(C(=O)CCl)cs1. The van der Waals surface area contributed by atoms with Gasteiger partial charge in [-0.1, -0.05) is 6.07 Å². The second-order valence-corrected chi connectivity index (χ2v) is 4.71. The number of halogens is 2. The number of ketones is 1. The van der Waals surface area contributed by atoms with E-state index >= 15 is 0 Å². The van der Waals surface area contributed by atoms with E-state index in [1.807, 2.05) is 0 Å². The lowest BCUT2D eigenvalue weighted by Gasteiger charge is -2.15. The molecule has 0 spiro atoms. The quantitative estimate of drug-likeness (QED) is 0.637. The van der Waals surface area contributed by atoms with Gasteiger partial charge >= 0.3 is 0 Å². The number of Topliss-reactive ketones (excluding diaryl/α,β-unsaturated/α-hetero) is 1. The second-order valence-electron chi connectivity index (χ2n) is 3.61. The van der Waals surface area contributed by atoms with E-state index in [0.29, 0.717) is 16.5 Å². The van der Waals surface area contributed by atoms with Crippen LogP contribution in [-0.4, -0.2) is 23.7 Å². The van der Waals surface area contributed by atoms with Crippen LogP contribution in [0.15, 0.2) is 29.6 Å². The van der Waals surface area contributed by atoms with Crippen LogP contribution in [-0.2, 0) is 0 Å². The summed E-state index contributed by atoms with van der Waals surface area (Å²) in [5.74, 6) is -0.618. The third kappa shape index (κ3) is 2.68. The highest BCUT2D eigenvalue weighted by molar-refractivity contribution is 7.14. The third-order valence-electron chi connectivity index (χ3n) is 2.38. The molecule has 0 saturated heterocycles. The van der Waals surface area contributed by atoms with Gasteiger partial charge in [0.05, 0.1) is 5.88 Å². The van der Waals surface area contributed by atoms with Gasteiger partial charge in [-0.3, -0.25) is 4.79 Å². The number of thiazole rings is 1. The Morgan fingerprint density at radius 1 is 1.56 bits per heavy atom. The minimum Gasteiger partial charge on any atom is -0.321 e. The summed E-state index contributed by atoms with van der Waals surface area (Å²) < 4.78 is 13.1. The largest absolute Gasteiger partial charge is 0.321 e. The Morgan fingerprint density at radius 3 is 3.00 bits per heavy atom. The molecule has 3 nitrogen and oxygen atoms in total. The molecule has 2 aromatic rings. The summed E-state index contributed by atoms with van der Waals surface area (Å²) in [6, 6.07) is 6.18. The highest BCUT2D eigenvalue weighted by Crippen LogP contribution is 2.27. The standard InChI is InChI=1S/C12H10ClFN2OS/c1-16(9-4-2-3-8(14)5-9)12-15-10(7-18-12)11(17)6-13/h2-5,7H,6H2,1H3. The summed E-state index contributed by atoms with van der Waals surface area (Å²) in [4.78, 5) is 17.3. The number of benzene rings is 1. The molecule has 1 aromatic heterocycles. The van der Waals surface area contributed by atoms with Crippen LogP contribution in [0.5, 0.6) is 0 Å². The zero-order chi connectivity index (χ0) is 13.1. The van der Waals surface area contributed by atoms with Gasteiger partial charge in [0.2, 0.25) is 0 Å². The Morgan fingerprint density at radius 2 is 2.33 bits per heavy atom. The van der Waals surface area contributed by atoms with Crippen molar-refractivity contribution in [2.75, 3.05) is 17.8 Å². The number of carbonyl (C=O) groups excluding carboxylic acids is 1. The fourth-order valence-electron chi connectivity index (χ4n) is 1.41. The van der Waals surface area contributed by atoms with Crippen LogP contribution in [0.2, 0.25) is 0 Å². The molecule has 0 atom stereocenters. The molecule has 18 heavy (non-hydrogen) atoms. The van der Waals surface area contributed by atoms with Gasteiger partial charge in [-0.05, 0) is 18.2 Å². The normalized spacial score (nSPS) is 10.4. The lowest BCUT2D eigenvalue weighted by Crippen LogP contribution is -2.10. The van der Waals surface area contributed by atoms with Crippen molar-refractivity contribution in [3.8, 4) is 0 Å². The van der Waals surface area contributed by atoms with E-state index in [1.54, 1.807) is 29.5 Å². The van der Waals surface area contributed by atoms with Gasteiger partial charge in [0.1, 0.15) is 11.5 Å². The van der Waals surface area contributed by atoms with Gasteiger partial charge in [-0.25, -0.2) is 9.37 Å². The Hall–Kier alpha value is -1.46. The summed E-state index contributed by atoms with van der Waals surface area (Å²) in [7, 11) is 1.77. The molecular weight excluding hydrogens is 275 g/mol. The van der Waals surface area contributed by atoms with Crippen LogP contribution in [0.3, 0.4) is 0 Å². The van der Waals surface area contributed by atoms with Gasteiger partial charge in [-0.2, -0.15) is 0 Å². The molecule has 0 fully saturated rings. The number of alkyl halides is 1. The van der Waals surface area contributed by atoms with Crippen LogP contribution in [0.1, 0.15) is 10.5 Å². The van der Waals surface area contributed by atoms with Gasteiger partial charge in [-0.15, -0.1) is 22.9 Å². The van der Waals surface area contributed by atoms with Crippen molar-refractivity contribution in [2.45, 2.75) is 0 Å². The van der Waals surface area contributed by atoms with Crippen molar-refractivity contribution in [1.29, 1.82) is 0 Å². The summed E-state index contributed by atoms with van der Waals surface area (Å²) in [5, 5.41) is 2.27. The first-order chi connectivity index (χ1) is 8.61. The van der Waals surface area contributed by atoms with Crippen molar-refractivity contribution in [1.82, 2.24) is 4.98 Å². The molecule has 94 valence electrons. The topological polar surface area (TPSA) is 33.2 Å². The van der Waals surface area contributed by atoms with Gasteiger partial charge < -0.3 is 4.90 Å². The van der Waals surface area contributed by atoms with Crippen LogP contribution >= 0.6 is 22.9 Å². The Bertz CT molecular complexity index is 573. The molecule has 0 bridgehead atoms. The van der Waals surface area contributed by atoms with Crippen molar-refractivity contribution < 1.29 is 9.18 Å². The lowest BCUT2D eigenvalue weighted by molar-refractivity contribution is 0.101. The summed E-state index contributed by atoms with van der Waals surface area (Å²) >= 11 is 6.78. The van der Waals surface area contributed by atoms with Gasteiger partial charge in [0.15, 0.2) is 10.9 Å². The Kier molecular flexibility index (Phi) is 3.93. The summed E-state index contributed by atoms with van der Waals surface area (Å²) in [6.07, 6.45) is 0. The monoisotopic (exact) mass is 284 g/mol. The second kappa shape index (κ2) is 5.46. The molecule has 6 heteroatoms. The van der Waals surface area contributed by atoms with E-state index in [-0.39, 0.29) is 17.5 Å². The van der Waals surface area contributed by atoms with E-state index in [2.05, 4.69) is 4.98 Å². The van der Waals surface area contributed by atoms with Crippen molar-refractivity contribution in [3.63, 3.8) is 0 Å². The van der Waals surface area contributed by atoms with Crippen molar-refractivity contribution in [3.05, 3.63) is 41.2 Å². The molecule has 0 aliphatic carbocycles. The molecule has 0 unspecified atom stereocenters. The number of hydrogen-bond acceptors (Lipinski definition) is 4. The molecule has 0 N–H and O–H groups in total. The fourth-order valence-corrected chi connectivity index (χ4v) is 2.36. The molecule has 0 aliphatic rings. The van der Waals surface area contributed by atoms with Crippen molar-refractivity contribution >= 4 is 39.5 Å². The number of carbonyl (C=O) groups is 1. The average molecular weight is 285 g/mol. The maximum atomic E-state index is 13.1. The molecule has 1 aromatic carbocycles. The minimum absolute atomic E-state index is 0.0904. The van der Waals surface area contributed by atoms with Gasteiger partial charge in [0, 0.05) is 18.1 Å². The van der Waals surface area contributed by atoms with Crippen LogP contribution in [0.4, 0.5) is 15.2 Å². The summed E-state index contributed by atoms with van der Waals surface area (Å²) in [6.45, 7) is 0. The molecule has 0 saturated carbocycles. The number of anilines is 2. The van der Waals surface area contributed by atoms with E-state index in [0.717, 1.165) is 0 Å². The maximum Gasteiger partial charge on any atom is 0.196 e. The smallest absolute Gasteiger partial charge is 0.196 e. The zero-order valence-electron chi connectivity index (χ0n) is 9.56. The first kappa shape index (κ1) is 13.0. The van der Waals surface area contributed by atoms with Crippen LogP contribution < -0.4 is 4.90 Å². The highest BCUT2D eigenvalue weighted by atomic mass is 35.5. The number of nitrogens with zero attached hydrogens (tertiary/aromatic N) is 2. The summed E-state index contributed by atoms with van der Waals surface area (Å²) in [5.41, 5.74) is 1.02. The molecular formula is C12H10ClFN2OS. The number of rotatable bonds is 4. The zero-order valence-corrected chi connectivity index (χ0v) is 11.1. The van der Waals surface area contributed by atoms with Gasteiger partial charge in [0.25, 0.3) is 0 Å². The minimum atomic E-state index is -0.312. The Balaban J connectivity index is 2.26. The van der Waals surface area contributed by atoms with Crippen LogP contribution in [0, 0.1) is 5.82 Å². The fraction of sp³-hybridized carbons (Fsp3) is 0.167.